The molecule has 7 aromatic rings. The lowest BCUT2D eigenvalue weighted by Crippen LogP contribution is -2.19. The summed E-state index contributed by atoms with van der Waals surface area (Å²) in [5.74, 6) is 2.85. The minimum Gasteiger partial charge on any atom is -0.489 e. The molecule has 9 heteroatoms. The summed E-state index contributed by atoms with van der Waals surface area (Å²) in [5.41, 5.74) is 4.50. The van der Waals surface area contributed by atoms with E-state index in [9.17, 15) is 4.79 Å². The summed E-state index contributed by atoms with van der Waals surface area (Å²) in [6.07, 6.45) is 0. The number of hydrogen-bond donors (Lipinski definition) is 0. The molecule has 0 unspecified atom stereocenters. The van der Waals surface area contributed by atoms with Gasteiger partial charge in [-0.2, -0.15) is 9.97 Å². The maximum Gasteiger partial charge on any atom is 0.251 e. The molecule has 0 saturated heterocycles. The third-order valence-electron chi connectivity index (χ3n) is 7.11. The molecule has 0 aliphatic carbocycles. The second kappa shape index (κ2) is 10.4. The van der Waals surface area contributed by atoms with Crippen LogP contribution in [0.3, 0.4) is 0 Å². The monoisotopic (exact) mass is 555 g/mol. The van der Waals surface area contributed by atoms with Gasteiger partial charge in [-0.3, -0.25) is 4.79 Å². The Hall–Kier alpha value is -5.57. The van der Waals surface area contributed by atoms with Crippen molar-refractivity contribution in [3.8, 4) is 28.5 Å². The first-order chi connectivity index (χ1) is 20.5. The van der Waals surface area contributed by atoms with E-state index >= 15 is 0 Å². The molecule has 0 aliphatic rings. The third kappa shape index (κ3) is 5.03. The summed E-state index contributed by atoms with van der Waals surface area (Å²) in [5, 5.41) is 11.1. The number of benzene rings is 4. The van der Waals surface area contributed by atoms with Crippen LogP contribution in [0.15, 0.2) is 105 Å². The summed E-state index contributed by atoms with van der Waals surface area (Å²) in [7, 11) is 0. The van der Waals surface area contributed by atoms with Gasteiger partial charge in [0.1, 0.15) is 12.4 Å². The van der Waals surface area contributed by atoms with Gasteiger partial charge in [0.2, 0.25) is 23.4 Å². The second-order valence-electron chi connectivity index (χ2n) is 10.1. The molecule has 3 heterocycles. The minimum atomic E-state index is -0.0687. The SMILES string of the molecule is Cc1nc(-c2cccc(COc3ccc4c(ccc(=O)n4Cc4ccc5ccc(-c6noc(C)n6)cc5c4)c3)c2)no1. The molecule has 0 aliphatic heterocycles. The zero-order chi connectivity index (χ0) is 28.6. The van der Waals surface area contributed by atoms with Gasteiger partial charge in [-0.25, -0.2) is 0 Å². The van der Waals surface area contributed by atoms with Gasteiger partial charge in [-0.05, 0) is 64.4 Å². The summed E-state index contributed by atoms with van der Waals surface area (Å²) < 4.78 is 18.1. The van der Waals surface area contributed by atoms with E-state index in [-0.39, 0.29) is 5.56 Å². The van der Waals surface area contributed by atoms with Crippen LogP contribution in [0.25, 0.3) is 44.5 Å². The highest BCUT2D eigenvalue weighted by Gasteiger charge is 2.10. The molecule has 0 saturated carbocycles. The lowest BCUT2D eigenvalue weighted by Gasteiger charge is -2.13. The van der Waals surface area contributed by atoms with Crippen molar-refractivity contribution in [2.75, 3.05) is 0 Å². The first-order valence-corrected chi connectivity index (χ1v) is 13.5. The van der Waals surface area contributed by atoms with Crippen LogP contribution >= 0.6 is 0 Å². The van der Waals surface area contributed by atoms with Crippen molar-refractivity contribution in [2.24, 2.45) is 0 Å². The van der Waals surface area contributed by atoms with Crippen molar-refractivity contribution in [3.05, 3.63) is 124 Å². The molecule has 0 bridgehead atoms. The van der Waals surface area contributed by atoms with Crippen LogP contribution in [0, 0.1) is 13.8 Å². The normalized spacial score (nSPS) is 11.4. The molecule has 0 radical (unpaired) electrons. The van der Waals surface area contributed by atoms with E-state index in [1.165, 1.54) is 0 Å². The van der Waals surface area contributed by atoms with Gasteiger partial charge in [-0.1, -0.05) is 52.8 Å². The number of rotatable bonds is 7. The molecular weight excluding hydrogens is 530 g/mol. The Labute approximate surface area is 240 Å². The molecule has 0 amide bonds. The molecule has 0 atom stereocenters. The molecule has 4 aromatic carbocycles. The van der Waals surface area contributed by atoms with Crippen LogP contribution in [0.5, 0.6) is 5.75 Å². The standard InChI is InChI=1S/C33H25N5O4/c1-20-34-32(36-41-20)26-5-3-4-23(15-26)19-40-29-11-12-30-25(17-29)10-13-31(39)38(30)18-22-6-7-24-8-9-27(16-28(24)14-22)33-35-21(2)42-37-33/h3-17H,18-19H2,1-2H3. The maximum atomic E-state index is 13.0. The van der Waals surface area contributed by atoms with Gasteiger partial charge in [0.05, 0.1) is 12.1 Å². The fourth-order valence-electron chi connectivity index (χ4n) is 5.05. The predicted octanol–water partition coefficient (Wildman–Crippen LogP) is 6.50. The highest BCUT2D eigenvalue weighted by atomic mass is 16.5. The first kappa shape index (κ1) is 25.4. The minimum absolute atomic E-state index is 0.0687. The van der Waals surface area contributed by atoms with Crippen LogP contribution in [0.1, 0.15) is 22.9 Å². The van der Waals surface area contributed by atoms with Gasteiger partial charge < -0.3 is 18.4 Å². The van der Waals surface area contributed by atoms with E-state index in [1.54, 1.807) is 24.5 Å². The lowest BCUT2D eigenvalue weighted by atomic mass is 10.0. The van der Waals surface area contributed by atoms with Crippen LogP contribution in [-0.4, -0.2) is 24.8 Å². The molecule has 0 spiro atoms. The Morgan fingerprint density at radius 3 is 2.19 bits per heavy atom. The molecule has 0 fully saturated rings. The average Bonchev–Trinajstić information content (AvgIpc) is 3.65. The van der Waals surface area contributed by atoms with E-state index in [1.807, 2.05) is 72.8 Å². The Kier molecular flexibility index (Phi) is 6.31. The average molecular weight is 556 g/mol. The van der Waals surface area contributed by atoms with Gasteiger partial charge >= 0.3 is 0 Å². The number of pyridine rings is 1. The quantitative estimate of drug-likeness (QED) is 0.219. The first-order valence-electron chi connectivity index (χ1n) is 13.5. The number of aromatic nitrogens is 5. The van der Waals surface area contributed by atoms with Gasteiger partial charge in [0, 0.05) is 36.4 Å². The zero-order valence-electron chi connectivity index (χ0n) is 22.9. The van der Waals surface area contributed by atoms with Crippen molar-refractivity contribution in [1.82, 2.24) is 24.8 Å². The van der Waals surface area contributed by atoms with Crippen LogP contribution < -0.4 is 10.3 Å². The van der Waals surface area contributed by atoms with Gasteiger partial charge in [0.15, 0.2) is 0 Å². The van der Waals surface area contributed by atoms with E-state index in [0.29, 0.717) is 42.3 Å². The summed E-state index contributed by atoms with van der Waals surface area (Å²) >= 11 is 0. The number of aryl methyl sites for hydroxylation is 2. The summed E-state index contributed by atoms with van der Waals surface area (Å²) in [4.78, 5) is 21.6. The van der Waals surface area contributed by atoms with Crippen molar-refractivity contribution in [3.63, 3.8) is 0 Å². The summed E-state index contributed by atoms with van der Waals surface area (Å²) in [6.45, 7) is 4.34. The highest BCUT2D eigenvalue weighted by Crippen LogP contribution is 2.26. The van der Waals surface area contributed by atoms with Crippen molar-refractivity contribution < 1.29 is 13.8 Å². The van der Waals surface area contributed by atoms with Gasteiger partial charge in [-0.15, -0.1) is 0 Å². The Morgan fingerprint density at radius 1 is 0.690 bits per heavy atom. The molecule has 0 N–H and O–H groups in total. The molecule has 7 rings (SSSR count). The van der Waals surface area contributed by atoms with Gasteiger partial charge in [0.25, 0.3) is 5.56 Å². The molecule has 42 heavy (non-hydrogen) atoms. The Bertz CT molecular complexity index is 2140. The number of hydrogen-bond acceptors (Lipinski definition) is 8. The highest BCUT2D eigenvalue weighted by molar-refractivity contribution is 5.87. The largest absolute Gasteiger partial charge is 0.489 e. The van der Waals surface area contributed by atoms with Crippen molar-refractivity contribution in [2.45, 2.75) is 27.0 Å². The Balaban J connectivity index is 1.13. The molecular formula is C33H25N5O4. The van der Waals surface area contributed by atoms with Crippen molar-refractivity contribution >= 4 is 21.7 Å². The fraction of sp³-hybridized carbons (Fsp3) is 0.121. The molecule has 3 aromatic heterocycles. The number of fused-ring (bicyclic) bond motifs is 2. The topological polar surface area (TPSA) is 109 Å². The van der Waals surface area contributed by atoms with E-state index in [4.69, 9.17) is 13.8 Å². The van der Waals surface area contributed by atoms with Crippen LogP contribution in [-0.2, 0) is 13.2 Å². The predicted molar refractivity (Wildman–Crippen MR) is 158 cm³/mol. The van der Waals surface area contributed by atoms with Crippen molar-refractivity contribution in [1.29, 1.82) is 0 Å². The van der Waals surface area contributed by atoms with Crippen LogP contribution in [0.4, 0.5) is 0 Å². The van der Waals surface area contributed by atoms with E-state index in [2.05, 4.69) is 32.4 Å². The maximum absolute atomic E-state index is 13.0. The zero-order valence-corrected chi connectivity index (χ0v) is 22.9. The third-order valence-corrected chi connectivity index (χ3v) is 7.11. The smallest absolute Gasteiger partial charge is 0.251 e. The fourth-order valence-corrected chi connectivity index (χ4v) is 5.05. The molecule has 206 valence electrons. The Morgan fingerprint density at radius 2 is 1.43 bits per heavy atom. The molecule has 9 nitrogen and oxygen atoms in total. The van der Waals surface area contributed by atoms with E-state index < -0.39 is 0 Å². The lowest BCUT2D eigenvalue weighted by molar-refractivity contribution is 0.306. The van der Waals surface area contributed by atoms with Crippen LogP contribution in [0.2, 0.25) is 0 Å². The number of nitrogens with zero attached hydrogens (tertiary/aromatic N) is 5. The summed E-state index contributed by atoms with van der Waals surface area (Å²) in [6, 6.07) is 29.3. The van der Waals surface area contributed by atoms with E-state index in [0.717, 1.165) is 43.9 Å². The second-order valence-corrected chi connectivity index (χ2v) is 10.1. The number of ether oxygens (including phenoxy) is 1.